The summed E-state index contributed by atoms with van der Waals surface area (Å²) in [4.78, 5) is 1.49. The Morgan fingerprint density at radius 1 is 1.25 bits per heavy atom. The maximum absolute atomic E-state index is 9.79. The second kappa shape index (κ2) is 6.59. The molecule has 3 rings (SSSR count). The normalized spacial score (nSPS) is 24.2. The summed E-state index contributed by atoms with van der Waals surface area (Å²) in [7, 11) is 0. The average Bonchev–Trinajstić information content (AvgIpc) is 3.23. The van der Waals surface area contributed by atoms with E-state index in [0.29, 0.717) is 12.6 Å². The minimum atomic E-state index is 0.161. The zero-order valence-electron chi connectivity index (χ0n) is 12.3. The van der Waals surface area contributed by atoms with Gasteiger partial charge in [0.25, 0.3) is 0 Å². The zero-order chi connectivity index (χ0) is 13.8. The molecule has 1 unspecified atom stereocenters. The van der Waals surface area contributed by atoms with E-state index in [4.69, 9.17) is 0 Å². The van der Waals surface area contributed by atoms with Crippen molar-refractivity contribution in [2.24, 2.45) is 11.3 Å². The van der Waals surface area contributed by atoms with Crippen LogP contribution in [-0.4, -0.2) is 18.3 Å². The highest BCUT2D eigenvalue weighted by Gasteiger charge is 2.35. The molecule has 2 aliphatic rings. The van der Waals surface area contributed by atoms with Crippen LogP contribution in [0, 0.1) is 11.3 Å². The largest absolute Gasteiger partial charge is 0.396 e. The van der Waals surface area contributed by atoms with Crippen LogP contribution in [0.15, 0.2) is 17.5 Å². The van der Waals surface area contributed by atoms with E-state index in [1.807, 2.05) is 11.3 Å². The Bertz CT molecular complexity index is 391. The fourth-order valence-corrected chi connectivity index (χ4v) is 4.99. The maximum atomic E-state index is 9.79. The van der Waals surface area contributed by atoms with Gasteiger partial charge in [0.2, 0.25) is 0 Å². The minimum Gasteiger partial charge on any atom is -0.396 e. The summed E-state index contributed by atoms with van der Waals surface area (Å²) in [6, 6.07) is 4.96. The number of aliphatic hydroxyl groups excluding tert-OH is 1. The van der Waals surface area contributed by atoms with E-state index in [1.165, 1.54) is 56.2 Å². The third-order valence-corrected chi connectivity index (χ3v) is 6.37. The molecule has 1 aromatic heterocycles. The van der Waals surface area contributed by atoms with Gasteiger partial charge in [-0.3, -0.25) is 0 Å². The van der Waals surface area contributed by atoms with Gasteiger partial charge in [0.15, 0.2) is 0 Å². The smallest absolute Gasteiger partial charge is 0.0499 e. The summed E-state index contributed by atoms with van der Waals surface area (Å²) < 4.78 is 0. The Hall–Kier alpha value is -0.380. The summed E-state index contributed by atoms with van der Waals surface area (Å²) in [5.41, 5.74) is 0.161. The van der Waals surface area contributed by atoms with E-state index < -0.39 is 0 Å². The van der Waals surface area contributed by atoms with Crippen molar-refractivity contribution >= 4 is 11.3 Å². The van der Waals surface area contributed by atoms with Crippen LogP contribution in [0.4, 0.5) is 0 Å². The van der Waals surface area contributed by atoms with Gasteiger partial charge in [0.05, 0.1) is 0 Å². The molecule has 1 heterocycles. The number of nitrogens with one attached hydrogen (secondary N) is 1. The molecule has 1 aromatic rings. The summed E-state index contributed by atoms with van der Waals surface area (Å²) in [5, 5.41) is 15.8. The van der Waals surface area contributed by atoms with Crippen molar-refractivity contribution in [2.75, 3.05) is 13.2 Å². The first-order valence-corrected chi connectivity index (χ1v) is 9.09. The fraction of sp³-hybridized carbons (Fsp3) is 0.765. The summed E-state index contributed by atoms with van der Waals surface area (Å²) in [6.45, 7) is 1.34. The van der Waals surface area contributed by atoms with Crippen molar-refractivity contribution in [3.8, 4) is 0 Å². The molecule has 0 spiro atoms. The summed E-state index contributed by atoms with van der Waals surface area (Å²) in [6.07, 6.45) is 10.5. The predicted octanol–water partition coefficient (Wildman–Crippen LogP) is 4.12. The van der Waals surface area contributed by atoms with Crippen LogP contribution in [-0.2, 0) is 0 Å². The third-order valence-electron chi connectivity index (χ3n) is 5.42. The first-order chi connectivity index (χ1) is 9.83. The fourth-order valence-electron chi connectivity index (χ4n) is 4.10. The summed E-state index contributed by atoms with van der Waals surface area (Å²) >= 11 is 1.88. The van der Waals surface area contributed by atoms with E-state index in [9.17, 15) is 5.11 Å². The van der Waals surface area contributed by atoms with Crippen LogP contribution >= 0.6 is 11.3 Å². The van der Waals surface area contributed by atoms with Crippen molar-refractivity contribution in [3.63, 3.8) is 0 Å². The molecule has 2 aliphatic carbocycles. The van der Waals surface area contributed by atoms with Crippen LogP contribution in [0.1, 0.15) is 62.3 Å². The van der Waals surface area contributed by atoms with Gasteiger partial charge in [-0.2, -0.15) is 0 Å². The second-order valence-electron chi connectivity index (χ2n) is 6.78. The molecule has 0 aromatic carbocycles. The van der Waals surface area contributed by atoms with Crippen LogP contribution in [0.5, 0.6) is 0 Å². The molecule has 3 heteroatoms. The van der Waals surface area contributed by atoms with Gasteiger partial charge in [-0.1, -0.05) is 31.7 Å². The van der Waals surface area contributed by atoms with Gasteiger partial charge >= 0.3 is 0 Å². The quantitative estimate of drug-likeness (QED) is 0.827. The average molecular weight is 293 g/mol. The van der Waals surface area contributed by atoms with Gasteiger partial charge in [-0.25, -0.2) is 0 Å². The Morgan fingerprint density at radius 3 is 2.60 bits per heavy atom. The van der Waals surface area contributed by atoms with Gasteiger partial charge < -0.3 is 10.4 Å². The first-order valence-electron chi connectivity index (χ1n) is 8.21. The Labute approximate surface area is 126 Å². The Kier molecular flexibility index (Phi) is 4.79. The molecular weight excluding hydrogens is 266 g/mol. The lowest BCUT2D eigenvalue weighted by molar-refractivity contribution is 0.121. The van der Waals surface area contributed by atoms with E-state index in [2.05, 4.69) is 22.8 Å². The first kappa shape index (κ1) is 14.6. The third kappa shape index (κ3) is 3.10. The van der Waals surface area contributed by atoms with Crippen molar-refractivity contribution in [2.45, 2.75) is 57.4 Å². The van der Waals surface area contributed by atoms with E-state index in [1.54, 1.807) is 0 Å². The molecule has 0 aliphatic heterocycles. The second-order valence-corrected chi connectivity index (χ2v) is 7.76. The lowest BCUT2D eigenvalue weighted by Gasteiger charge is -2.32. The molecule has 2 fully saturated rings. The molecule has 2 N–H and O–H groups in total. The van der Waals surface area contributed by atoms with Crippen molar-refractivity contribution in [3.05, 3.63) is 22.4 Å². The molecule has 2 nitrogen and oxygen atoms in total. The number of aliphatic hydroxyl groups is 1. The highest BCUT2D eigenvalue weighted by Crippen LogP contribution is 2.40. The van der Waals surface area contributed by atoms with Gasteiger partial charge in [-0.15, -0.1) is 11.3 Å². The molecule has 2 saturated carbocycles. The molecule has 112 valence electrons. The van der Waals surface area contributed by atoms with Crippen molar-refractivity contribution in [1.82, 2.24) is 5.32 Å². The molecule has 20 heavy (non-hydrogen) atoms. The molecule has 0 saturated heterocycles. The Morgan fingerprint density at radius 2 is 2.00 bits per heavy atom. The van der Waals surface area contributed by atoms with Crippen LogP contribution in [0.25, 0.3) is 0 Å². The Balaban J connectivity index is 1.67. The van der Waals surface area contributed by atoms with E-state index >= 15 is 0 Å². The molecule has 0 radical (unpaired) electrons. The lowest BCUT2D eigenvalue weighted by Crippen LogP contribution is -2.38. The van der Waals surface area contributed by atoms with E-state index in [0.717, 1.165) is 12.5 Å². The molecular formula is C17H27NOS. The number of thiophene rings is 1. The highest BCUT2D eigenvalue weighted by atomic mass is 32.1. The predicted molar refractivity (Wildman–Crippen MR) is 85.0 cm³/mol. The SMILES string of the molecule is OCC1(CNC(c2cccs2)C2CCCC2)CCCC1. The number of hydrogen-bond acceptors (Lipinski definition) is 3. The monoisotopic (exact) mass is 293 g/mol. The van der Waals surface area contributed by atoms with Crippen LogP contribution in [0.3, 0.4) is 0 Å². The topological polar surface area (TPSA) is 32.3 Å². The van der Waals surface area contributed by atoms with Crippen molar-refractivity contribution in [1.29, 1.82) is 0 Å². The van der Waals surface area contributed by atoms with Gasteiger partial charge in [0.1, 0.15) is 0 Å². The highest BCUT2D eigenvalue weighted by molar-refractivity contribution is 7.10. The molecule has 0 amide bonds. The standard InChI is InChI=1S/C17H27NOS/c19-13-17(9-3-4-10-17)12-18-16(14-6-1-2-7-14)15-8-5-11-20-15/h5,8,11,14,16,18-19H,1-4,6-7,9-10,12-13H2. The lowest BCUT2D eigenvalue weighted by atomic mass is 9.86. The van der Waals surface area contributed by atoms with Crippen LogP contribution < -0.4 is 5.32 Å². The maximum Gasteiger partial charge on any atom is 0.0499 e. The van der Waals surface area contributed by atoms with E-state index in [-0.39, 0.29) is 5.41 Å². The molecule has 1 atom stereocenters. The van der Waals surface area contributed by atoms with Crippen molar-refractivity contribution < 1.29 is 5.11 Å². The summed E-state index contributed by atoms with van der Waals surface area (Å²) in [5.74, 6) is 0.797. The van der Waals surface area contributed by atoms with Gasteiger partial charge in [0, 0.05) is 29.5 Å². The molecule has 0 bridgehead atoms. The minimum absolute atomic E-state index is 0.161. The number of rotatable bonds is 6. The zero-order valence-corrected chi connectivity index (χ0v) is 13.1. The van der Waals surface area contributed by atoms with Crippen LogP contribution in [0.2, 0.25) is 0 Å². The number of hydrogen-bond donors (Lipinski definition) is 2. The van der Waals surface area contributed by atoms with Gasteiger partial charge in [-0.05, 0) is 43.0 Å².